The molecule has 0 bridgehead atoms. The van der Waals surface area contributed by atoms with Crippen molar-refractivity contribution >= 4 is 63.6 Å². The van der Waals surface area contributed by atoms with E-state index in [1.54, 1.807) is 18.2 Å². The number of hydrogen-bond donors (Lipinski definition) is 1. The number of benzene rings is 2. The molecule has 0 unspecified atom stereocenters. The number of amides is 1. The van der Waals surface area contributed by atoms with Crippen LogP contribution in [-0.2, 0) is 4.74 Å². The van der Waals surface area contributed by atoms with Gasteiger partial charge in [-0.05, 0) is 30.3 Å². The van der Waals surface area contributed by atoms with Gasteiger partial charge in [0.2, 0.25) is 5.78 Å². The number of anilines is 1. The first kappa shape index (κ1) is 22.4. The van der Waals surface area contributed by atoms with E-state index in [1.807, 2.05) is 0 Å². The van der Waals surface area contributed by atoms with Gasteiger partial charge >= 0.3 is 5.97 Å². The van der Waals surface area contributed by atoms with Crippen molar-refractivity contribution < 1.29 is 24.0 Å². The number of nitrogens with one attached hydrogen (secondary N) is 1. The summed E-state index contributed by atoms with van der Waals surface area (Å²) in [5.41, 5.74) is -0.133. The highest BCUT2D eigenvalue weighted by Gasteiger charge is 2.20. The highest BCUT2D eigenvalue weighted by atomic mass is 35.5. The molecule has 0 atom stereocenters. The van der Waals surface area contributed by atoms with Crippen molar-refractivity contribution in [3.05, 3.63) is 90.1 Å². The number of thiophene rings is 1. The Kier molecular flexibility index (Phi) is 7.01. The van der Waals surface area contributed by atoms with Gasteiger partial charge in [-0.1, -0.05) is 35.3 Å². The van der Waals surface area contributed by atoms with Crippen LogP contribution in [0.15, 0.2) is 54.6 Å². The number of ether oxygens (including phenoxy) is 1. The van der Waals surface area contributed by atoms with E-state index in [9.17, 15) is 24.5 Å². The third-order valence-corrected chi connectivity index (χ3v) is 5.57. The number of rotatable bonds is 7. The second kappa shape index (κ2) is 9.69. The molecular formula is C20H12Cl2N2O6S. The molecule has 1 heterocycles. The Morgan fingerprint density at radius 2 is 1.77 bits per heavy atom. The lowest BCUT2D eigenvalue weighted by Crippen LogP contribution is -2.18. The summed E-state index contributed by atoms with van der Waals surface area (Å²) in [6.45, 7) is -0.494. The number of nitro benzene ring substituents is 1. The summed E-state index contributed by atoms with van der Waals surface area (Å²) >= 11 is 12.8. The third-order valence-electron chi connectivity index (χ3n) is 3.99. The summed E-state index contributed by atoms with van der Waals surface area (Å²) in [6, 6.07) is 12.5. The van der Waals surface area contributed by atoms with Crippen molar-refractivity contribution in [2.24, 2.45) is 0 Å². The molecule has 0 saturated carbocycles. The highest BCUT2D eigenvalue weighted by Crippen LogP contribution is 2.25. The summed E-state index contributed by atoms with van der Waals surface area (Å²) < 4.78 is 5.51. The standard InChI is InChI=1S/C20H12Cl2N2O6S/c21-14-9-11(24(28)29)5-6-12(14)19(26)23-15-4-2-1-3-13(15)20(27)30-10-16(25)17-7-8-18(22)31-17/h1-9H,10H2,(H,23,26). The molecule has 1 aromatic heterocycles. The fraction of sp³-hybridized carbons (Fsp3) is 0.0500. The molecule has 2 aromatic carbocycles. The van der Waals surface area contributed by atoms with E-state index in [4.69, 9.17) is 27.9 Å². The smallest absolute Gasteiger partial charge is 0.340 e. The molecule has 1 N–H and O–H groups in total. The predicted octanol–water partition coefficient (Wildman–Crippen LogP) is 5.26. The second-order valence-corrected chi connectivity index (χ2v) is 8.15. The maximum atomic E-state index is 12.6. The summed E-state index contributed by atoms with van der Waals surface area (Å²) in [5.74, 6) is -1.91. The van der Waals surface area contributed by atoms with Gasteiger partial charge in [-0.2, -0.15) is 0 Å². The Morgan fingerprint density at radius 3 is 2.42 bits per heavy atom. The van der Waals surface area contributed by atoms with E-state index in [1.165, 1.54) is 24.3 Å². The third kappa shape index (κ3) is 5.46. The van der Waals surface area contributed by atoms with Crippen molar-refractivity contribution in [2.75, 3.05) is 11.9 Å². The molecule has 0 radical (unpaired) electrons. The lowest BCUT2D eigenvalue weighted by molar-refractivity contribution is -0.384. The zero-order valence-corrected chi connectivity index (χ0v) is 17.8. The fourth-order valence-electron chi connectivity index (χ4n) is 2.51. The molecular weight excluding hydrogens is 467 g/mol. The van der Waals surface area contributed by atoms with Gasteiger partial charge in [-0.3, -0.25) is 19.7 Å². The van der Waals surface area contributed by atoms with Crippen LogP contribution in [-0.4, -0.2) is 29.2 Å². The summed E-state index contributed by atoms with van der Waals surface area (Å²) in [5, 5.41) is 13.2. The molecule has 3 aromatic rings. The van der Waals surface area contributed by atoms with Crippen molar-refractivity contribution in [2.45, 2.75) is 0 Å². The zero-order valence-electron chi connectivity index (χ0n) is 15.5. The molecule has 158 valence electrons. The molecule has 0 fully saturated rings. The number of Topliss-reactive ketones (excluding diaryl/α,β-unsaturated/α-hetero) is 1. The minimum atomic E-state index is -0.818. The van der Waals surface area contributed by atoms with Gasteiger partial charge in [0.15, 0.2) is 6.61 Å². The summed E-state index contributed by atoms with van der Waals surface area (Å²) in [7, 11) is 0. The van der Waals surface area contributed by atoms with Crippen LogP contribution in [0, 0.1) is 10.1 Å². The van der Waals surface area contributed by atoms with E-state index in [2.05, 4.69) is 5.32 Å². The monoisotopic (exact) mass is 478 g/mol. The molecule has 0 aliphatic carbocycles. The minimum absolute atomic E-state index is 0.0137. The summed E-state index contributed by atoms with van der Waals surface area (Å²) in [4.78, 5) is 47.7. The Labute approximate surface area is 189 Å². The average molecular weight is 479 g/mol. The molecule has 3 rings (SSSR count). The fourth-order valence-corrected chi connectivity index (χ4v) is 3.73. The first-order valence-corrected chi connectivity index (χ1v) is 10.1. The van der Waals surface area contributed by atoms with Gasteiger partial charge in [-0.25, -0.2) is 4.79 Å². The van der Waals surface area contributed by atoms with Gasteiger partial charge in [0.05, 0.1) is 36.0 Å². The average Bonchev–Trinajstić information content (AvgIpc) is 3.18. The number of nitrogens with zero attached hydrogens (tertiary/aromatic N) is 1. The van der Waals surface area contributed by atoms with Crippen molar-refractivity contribution in [1.82, 2.24) is 0 Å². The highest BCUT2D eigenvalue weighted by molar-refractivity contribution is 7.18. The molecule has 8 nitrogen and oxygen atoms in total. The number of carbonyl (C=O) groups excluding carboxylic acids is 3. The molecule has 31 heavy (non-hydrogen) atoms. The van der Waals surface area contributed by atoms with Gasteiger partial charge in [-0.15, -0.1) is 11.3 Å². The molecule has 1 amide bonds. The number of para-hydroxylation sites is 1. The maximum absolute atomic E-state index is 12.6. The maximum Gasteiger partial charge on any atom is 0.340 e. The second-order valence-electron chi connectivity index (χ2n) is 6.02. The minimum Gasteiger partial charge on any atom is -0.454 e. The number of hydrogen-bond acceptors (Lipinski definition) is 7. The van der Waals surface area contributed by atoms with E-state index in [-0.39, 0.29) is 27.5 Å². The number of halogens is 2. The van der Waals surface area contributed by atoms with E-state index < -0.39 is 29.2 Å². The first-order valence-electron chi connectivity index (χ1n) is 8.56. The Bertz CT molecular complexity index is 1190. The number of nitro groups is 1. The zero-order chi connectivity index (χ0) is 22.5. The van der Waals surface area contributed by atoms with Gasteiger partial charge in [0.1, 0.15) is 0 Å². The van der Waals surface area contributed by atoms with Gasteiger partial charge in [0, 0.05) is 12.1 Å². The number of non-ortho nitro benzene ring substituents is 1. The van der Waals surface area contributed by atoms with Crippen LogP contribution in [0.1, 0.15) is 30.4 Å². The molecule has 0 aliphatic heterocycles. The van der Waals surface area contributed by atoms with Crippen molar-refractivity contribution in [1.29, 1.82) is 0 Å². The Morgan fingerprint density at radius 1 is 1.03 bits per heavy atom. The SMILES string of the molecule is O=C(COC(=O)c1ccccc1NC(=O)c1ccc([N+](=O)[O-])cc1Cl)c1ccc(Cl)s1. The number of carbonyl (C=O) groups is 3. The molecule has 0 aliphatic rings. The van der Waals surface area contributed by atoms with Gasteiger partial charge < -0.3 is 10.1 Å². The lowest BCUT2D eigenvalue weighted by Gasteiger charge is -2.11. The van der Waals surface area contributed by atoms with Crippen LogP contribution >= 0.6 is 34.5 Å². The largest absolute Gasteiger partial charge is 0.454 e. The van der Waals surface area contributed by atoms with Crippen molar-refractivity contribution in [3.8, 4) is 0 Å². The molecule has 11 heteroatoms. The topological polar surface area (TPSA) is 116 Å². The van der Waals surface area contributed by atoms with Gasteiger partial charge in [0.25, 0.3) is 11.6 Å². The summed E-state index contributed by atoms with van der Waals surface area (Å²) in [6.07, 6.45) is 0. The van der Waals surface area contributed by atoms with Crippen LogP contribution in [0.25, 0.3) is 0 Å². The van der Waals surface area contributed by atoms with Crippen LogP contribution in [0.4, 0.5) is 11.4 Å². The number of esters is 1. The van der Waals surface area contributed by atoms with E-state index in [0.717, 1.165) is 23.5 Å². The lowest BCUT2D eigenvalue weighted by atomic mass is 10.1. The Balaban J connectivity index is 1.72. The molecule has 0 saturated heterocycles. The number of ketones is 1. The molecule has 0 spiro atoms. The normalized spacial score (nSPS) is 10.4. The van der Waals surface area contributed by atoms with E-state index >= 15 is 0 Å². The quantitative estimate of drug-likeness (QED) is 0.214. The Hall–Kier alpha value is -3.27. The predicted molar refractivity (Wildman–Crippen MR) is 116 cm³/mol. The van der Waals surface area contributed by atoms with Crippen LogP contribution in [0.5, 0.6) is 0 Å². The van der Waals surface area contributed by atoms with Crippen LogP contribution < -0.4 is 5.32 Å². The van der Waals surface area contributed by atoms with Crippen LogP contribution in [0.3, 0.4) is 0 Å². The van der Waals surface area contributed by atoms with Crippen LogP contribution in [0.2, 0.25) is 9.36 Å². The van der Waals surface area contributed by atoms with Crippen molar-refractivity contribution in [3.63, 3.8) is 0 Å². The van der Waals surface area contributed by atoms with E-state index in [0.29, 0.717) is 9.21 Å². The first-order chi connectivity index (χ1) is 14.8.